The lowest BCUT2D eigenvalue weighted by Crippen LogP contribution is -2.28. The van der Waals surface area contributed by atoms with Gasteiger partial charge in [-0.25, -0.2) is 8.42 Å². The molecule has 0 saturated carbocycles. The monoisotopic (exact) mass is 399 g/mol. The van der Waals surface area contributed by atoms with Crippen LogP contribution in [0.25, 0.3) is 0 Å². The smallest absolute Gasteiger partial charge is 0.255 e. The highest BCUT2D eigenvalue weighted by Gasteiger charge is 2.27. The maximum Gasteiger partial charge on any atom is 0.255 e. The Bertz CT molecular complexity index is 962. The lowest BCUT2D eigenvalue weighted by molar-refractivity contribution is 0.102. The molecule has 1 N–H and O–H groups in total. The van der Waals surface area contributed by atoms with Crippen LogP contribution in [0.15, 0.2) is 53.4 Å². The summed E-state index contributed by atoms with van der Waals surface area (Å²) in [6.45, 7) is 3.05. The van der Waals surface area contributed by atoms with E-state index >= 15 is 0 Å². The summed E-state index contributed by atoms with van der Waals surface area (Å²) in [5.41, 5.74) is 2.10. The van der Waals surface area contributed by atoms with Gasteiger partial charge in [-0.2, -0.15) is 4.31 Å². The van der Waals surface area contributed by atoms with Gasteiger partial charge in [0.2, 0.25) is 10.0 Å². The maximum absolute atomic E-state index is 12.8. The molecule has 0 aromatic heterocycles. The van der Waals surface area contributed by atoms with E-state index in [1.807, 2.05) is 24.3 Å². The zero-order chi connectivity index (χ0) is 19.6. The van der Waals surface area contributed by atoms with E-state index in [4.69, 9.17) is 0 Å². The number of para-hydroxylation sites is 2. The van der Waals surface area contributed by atoms with Crippen LogP contribution in [0.5, 0.6) is 0 Å². The second kappa shape index (κ2) is 7.93. The summed E-state index contributed by atoms with van der Waals surface area (Å²) < 4.78 is 27.1. The molecule has 1 amide bonds. The Morgan fingerprint density at radius 1 is 0.857 bits per heavy atom. The summed E-state index contributed by atoms with van der Waals surface area (Å²) in [7, 11) is -3.54. The minimum atomic E-state index is -3.54. The van der Waals surface area contributed by atoms with Gasteiger partial charge in [-0.1, -0.05) is 18.2 Å². The highest BCUT2D eigenvalue weighted by atomic mass is 32.2. The number of anilines is 2. The van der Waals surface area contributed by atoms with Crippen LogP contribution in [-0.4, -0.2) is 44.8 Å². The normalized spacial score (nSPS) is 17.8. The maximum atomic E-state index is 12.8. The van der Waals surface area contributed by atoms with Gasteiger partial charge in [0.15, 0.2) is 0 Å². The second-order valence-electron chi connectivity index (χ2n) is 7.30. The van der Waals surface area contributed by atoms with Gasteiger partial charge in [0.1, 0.15) is 0 Å². The van der Waals surface area contributed by atoms with Crippen molar-refractivity contribution >= 4 is 27.3 Å². The first-order valence-electron chi connectivity index (χ1n) is 9.81. The number of amides is 1. The van der Waals surface area contributed by atoms with Crippen molar-refractivity contribution in [1.29, 1.82) is 0 Å². The molecule has 0 bridgehead atoms. The summed E-state index contributed by atoms with van der Waals surface area (Å²) >= 11 is 0. The van der Waals surface area contributed by atoms with E-state index < -0.39 is 10.0 Å². The molecule has 6 nitrogen and oxygen atoms in total. The minimum Gasteiger partial charge on any atom is -0.370 e. The number of hydrogen-bond acceptors (Lipinski definition) is 4. The van der Waals surface area contributed by atoms with Crippen LogP contribution in [0, 0.1) is 0 Å². The summed E-state index contributed by atoms with van der Waals surface area (Å²) in [4.78, 5) is 15.3. The third-order valence-corrected chi connectivity index (χ3v) is 7.29. The largest absolute Gasteiger partial charge is 0.370 e. The third-order valence-electron chi connectivity index (χ3n) is 5.40. The number of carbonyl (C=O) groups is 1. The summed E-state index contributed by atoms with van der Waals surface area (Å²) in [6, 6.07) is 14.1. The molecule has 0 unspecified atom stereocenters. The molecule has 2 fully saturated rings. The molecule has 0 radical (unpaired) electrons. The SMILES string of the molecule is O=C(Nc1ccccc1N1CCCC1)c1cccc(S(=O)(=O)N2CCCC2)c1. The lowest BCUT2D eigenvalue weighted by Gasteiger charge is -2.21. The molecular formula is C21H25N3O3S. The van der Waals surface area contributed by atoms with Gasteiger partial charge in [-0.05, 0) is 56.0 Å². The van der Waals surface area contributed by atoms with Gasteiger partial charge in [0.05, 0.1) is 16.3 Å². The number of nitrogens with zero attached hydrogens (tertiary/aromatic N) is 2. The van der Waals surface area contributed by atoms with Gasteiger partial charge in [-0.15, -0.1) is 0 Å². The molecule has 0 spiro atoms. The topological polar surface area (TPSA) is 69.7 Å². The van der Waals surface area contributed by atoms with Crippen molar-refractivity contribution < 1.29 is 13.2 Å². The Hall–Kier alpha value is -2.38. The van der Waals surface area contributed by atoms with Gasteiger partial charge in [0, 0.05) is 31.7 Å². The molecule has 2 saturated heterocycles. The first kappa shape index (κ1) is 19.0. The molecule has 28 heavy (non-hydrogen) atoms. The van der Waals surface area contributed by atoms with E-state index in [-0.39, 0.29) is 10.8 Å². The summed E-state index contributed by atoms with van der Waals surface area (Å²) in [6.07, 6.45) is 4.07. The first-order chi connectivity index (χ1) is 13.6. The molecule has 2 aliphatic rings. The molecule has 2 heterocycles. The van der Waals surface area contributed by atoms with Crippen molar-refractivity contribution in [3.8, 4) is 0 Å². The van der Waals surface area contributed by atoms with E-state index in [0.717, 1.165) is 50.1 Å². The van der Waals surface area contributed by atoms with Gasteiger partial charge >= 0.3 is 0 Å². The minimum absolute atomic E-state index is 0.176. The van der Waals surface area contributed by atoms with E-state index in [9.17, 15) is 13.2 Å². The Labute approximate surface area is 166 Å². The number of nitrogens with one attached hydrogen (secondary N) is 1. The van der Waals surface area contributed by atoms with Gasteiger partial charge in [0.25, 0.3) is 5.91 Å². The summed E-state index contributed by atoms with van der Waals surface area (Å²) in [5.74, 6) is -0.301. The van der Waals surface area contributed by atoms with Gasteiger partial charge < -0.3 is 10.2 Å². The fourth-order valence-electron chi connectivity index (χ4n) is 3.88. The van der Waals surface area contributed by atoms with Crippen LogP contribution >= 0.6 is 0 Å². The third kappa shape index (κ3) is 3.77. The van der Waals surface area contributed by atoms with Crippen molar-refractivity contribution in [2.75, 3.05) is 36.4 Å². The fraction of sp³-hybridized carbons (Fsp3) is 0.381. The molecule has 2 aliphatic heterocycles. The van der Waals surface area contributed by atoms with Crippen LogP contribution in [-0.2, 0) is 10.0 Å². The Morgan fingerprint density at radius 3 is 2.29 bits per heavy atom. The van der Waals surface area contributed by atoms with Crippen molar-refractivity contribution in [3.05, 3.63) is 54.1 Å². The van der Waals surface area contributed by atoms with Crippen molar-refractivity contribution in [2.45, 2.75) is 30.6 Å². The second-order valence-corrected chi connectivity index (χ2v) is 9.24. The molecular weight excluding hydrogens is 374 g/mol. The van der Waals surface area contributed by atoms with E-state index in [1.54, 1.807) is 18.2 Å². The van der Waals surface area contributed by atoms with Crippen LogP contribution in [0.4, 0.5) is 11.4 Å². The number of sulfonamides is 1. The zero-order valence-electron chi connectivity index (χ0n) is 15.8. The van der Waals surface area contributed by atoms with Crippen molar-refractivity contribution in [3.63, 3.8) is 0 Å². The standard InChI is InChI=1S/C21H25N3O3S/c25-21(22-19-10-1-2-11-20(19)23-12-3-4-13-23)17-8-7-9-18(16-17)28(26,27)24-14-5-6-15-24/h1-2,7-11,16H,3-6,12-15H2,(H,22,25). The zero-order valence-corrected chi connectivity index (χ0v) is 16.6. The van der Waals surface area contributed by atoms with E-state index in [2.05, 4.69) is 10.2 Å². The lowest BCUT2D eigenvalue weighted by atomic mass is 10.2. The quantitative estimate of drug-likeness (QED) is 0.837. The van der Waals surface area contributed by atoms with E-state index in [0.29, 0.717) is 18.7 Å². The van der Waals surface area contributed by atoms with Crippen LogP contribution in [0.1, 0.15) is 36.0 Å². The predicted molar refractivity (Wildman–Crippen MR) is 110 cm³/mol. The number of carbonyl (C=O) groups excluding carboxylic acids is 1. The van der Waals surface area contributed by atoms with Crippen LogP contribution < -0.4 is 10.2 Å². The average Bonchev–Trinajstić information content (AvgIpc) is 3.43. The number of rotatable bonds is 5. The molecule has 2 aromatic rings. The van der Waals surface area contributed by atoms with Gasteiger partial charge in [-0.3, -0.25) is 4.79 Å². The molecule has 7 heteroatoms. The number of benzene rings is 2. The molecule has 0 atom stereocenters. The Balaban J connectivity index is 1.57. The Morgan fingerprint density at radius 2 is 1.54 bits per heavy atom. The molecule has 4 rings (SSSR count). The summed E-state index contributed by atoms with van der Waals surface area (Å²) in [5, 5.41) is 2.96. The van der Waals surface area contributed by atoms with Crippen LogP contribution in [0.2, 0.25) is 0 Å². The van der Waals surface area contributed by atoms with Crippen molar-refractivity contribution in [1.82, 2.24) is 4.31 Å². The van der Waals surface area contributed by atoms with Crippen LogP contribution in [0.3, 0.4) is 0 Å². The fourth-order valence-corrected chi connectivity index (χ4v) is 5.45. The predicted octanol–water partition coefficient (Wildman–Crippen LogP) is 3.32. The number of hydrogen-bond donors (Lipinski definition) is 1. The highest BCUT2D eigenvalue weighted by Crippen LogP contribution is 2.29. The van der Waals surface area contributed by atoms with Crippen molar-refractivity contribution in [2.24, 2.45) is 0 Å². The molecule has 2 aromatic carbocycles. The van der Waals surface area contributed by atoms with E-state index in [1.165, 1.54) is 10.4 Å². The first-order valence-corrected chi connectivity index (χ1v) is 11.3. The average molecular weight is 400 g/mol. The molecule has 148 valence electrons. The Kier molecular flexibility index (Phi) is 5.37. The highest BCUT2D eigenvalue weighted by molar-refractivity contribution is 7.89. The molecule has 0 aliphatic carbocycles.